The Bertz CT molecular complexity index is 663. The molecule has 0 aliphatic heterocycles. The Morgan fingerprint density at radius 2 is 1.67 bits per heavy atom. The van der Waals surface area contributed by atoms with Crippen LogP contribution in [-0.4, -0.2) is 9.55 Å². The number of hydrogen-bond donors (Lipinski definition) is 0. The molecule has 0 atom stereocenters. The molecular formula is C16H16N2. The fraction of sp³-hybridized carbons (Fsp3) is 0.188. The highest BCUT2D eigenvalue weighted by Gasteiger charge is 2.04. The van der Waals surface area contributed by atoms with Crippen LogP contribution in [0.3, 0.4) is 0 Å². The van der Waals surface area contributed by atoms with Gasteiger partial charge in [-0.05, 0) is 35.7 Å². The predicted molar refractivity (Wildman–Crippen MR) is 75.2 cm³/mol. The first-order chi connectivity index (χ1) is 8.75. The summed E-state index contributed by atoms with van der Waals surface area (Å²) in [5.41, 5.74) is 4.71. The largest absolute Gasteiger partial charge is 0.299 e. The van der Waals surface area contributed by atoms with E-state index in [2.05, 4.69) is 53.7 Å². The van der Waals surface area contributed by atoms with Gasteiger partial charge in [-0.3, -0.25) is 4.57 Å². The molecule has 3 rings (SSSR count). The molecule has 90 valence electrons. The van der Waals surface area contributed by atoms with Gasteiger partial charge in [-0.25, -0.2) is 4.98 Å². The van der Waals surface area contributed by atoms with Crippen LogP contribution in [0.5, 0.6) is 0 Å². The zero-order valence-corrected chi connectivity index (χ0v) is 10.7. The van der Waals surface area contributed by atoms with Gasteiger partial charge < -0.3 is 0 Å². The molecule has 2 nitrogen and oxygen atoms in total. The van der Waals surface area contributed by atoms with Crippen molar-refractivity contribution in [2.45, 2.75) is 19.8 Å². The van der Waals surface area contributed by atoms with Crippen molar-refractivity contribution in [2.75, 3.05) is 0 Å². The molecule has 0 N–H and O–H groups in total. The van der Waals surface area contributed by atoms with Crippen molar-refractivity contribution in [3.8, 4) is 5.69 Å². The van der Waals surface area contributed by atoms with Crippen molar-refractivity contribution < 1.29 is 0 Å². The summed E-state index contributed by atoms with van der Waals surface area (Å²) < 4.78 is 2.12. The maximum Gasteiger partial charge on any atom is 0.100 e. The molecule has 0 saturated carbocycles. The highest BCUT2D eigenvalue weighted by atomic mass is 15.0. The molecule has 0 spiro atoms. The third-order valence-electron chi connectivity index (χ3n) is 3.29. The first-order valence-corrected chi connectivity index (χ1v) is 6.28. The fourth-order valence-corrected chi connectivity index (χ4v) is 2.18. The van der Waals surface area contributed by atoms with E-state index in [0.717, 1.165) is 16.7 Å². The topological polar surface area (TPSA) is 17.8 Å². The lowest BCUT2D eigenvalue weighted by Gasteiger charge is -2.08. The van der Waals surface area contributed by atoms with E-state index in [1.165, 1.54) is 5.56 Å². The molecule has 0 fully saturated rings. The van der Waals surface area contributed by atoms with Gasteiger partial charge in [0.1, 0.15) is 6.33 Å². The van der Waals surface area contributed by atoms with Gasteiger partial charge in [0.05, 0.1) is 11.0 Å². The molecule has 18 heavy (non-hydrogen) atoms. The Morgan fingerprint density at radius 3 is 2.39 bits per heavy atom. The molecule has 2 heteroatoms. The zero-order chi connectivity index (χ0) is 12.5. The molecule has 0 amide bonds. The van der Waals surface area contributed by atoms with Gasteiger partial charge in [-0.1, -0.05) is 38.1 Å². The Balaban J connectivity index is 2.09. The van der Waals surface area contributed by atoms with E-state index in [1.54, 1.807) is 0 Å². The standard InChI is InChI=1S/C16H16N2/c1-12(2)13-7-9-14(10-8-13)18-11-17-15-5-3-4-6-16(15)18/h3-12H,1-2H3. The maximum atomic E-state index is 4.42. The van der Waals surface area contributed by atoms with Crippen LogP contribution in [0.15, 0.2) is 54.9 Å². The maximum absolute atomic E-state index is 4.42. The minimum absolute atomic E-state index is 0.568. The molecule has 0 aliphatic carbocycles. The van der Waals surface area contributed by atoms with Crippen LogP contribution in [0, 0.1) is 0 Å². The predicted octanol–water partition coefficient (Wildman–Crippen LogP) is 4.15. The molecule has 0 saturated heterocycles. The van der Waals surface area contributed by atoms with Gasteiger partial charge in [0.15, 0.2) is 0 Å². The fourth-order valence-electron chi connectivity index (χ4n) is 2.18. The van der Waals surface area contributed by atoms with Crippen LogP contribution < -0.4 is 0 Å². The smallest absolute Gasteiger partial charge is 0.100 e. The number of hydrogen-bond acceptors (Lipinski definition) is 1. The van der Waals surface area contributed by atoms with Gasteiger partial charge in [0, 0.05) is 5.69 Å². The summed E-state index contributed by atoms with van der Waals surface area (Å²) in [6.45, 7) is 4.42. The minimum atomic E-state index is 0.568. The van der Waals surface area contributed by atoms with E-state index in [4.69, 9.17) is 0 Å². The third kappa shape index (κ3) is 1.80. The number of rotatable bonds is 2. The molecule has 0 aliphatic rings. The second-order valence-electron chi connectivity index (χ2n) is 4.85. The van der Waals surface area contributed by atoms with E-state index in [1.807, 2.05) is 24.5 Å². The van der Waals surface area contributed by atoms with E-state index >= 15 is 0 Å². The minimum Gasteiger partial charge on any atom is -0.299 e. The summed E-state index contributed by atoms with van der Waals surface area (Å²) in [7, 11) is 0. The van der Waals surface area contributed by atoms with Gasteiger partial charge in [0.2, 0.25) is 0 Å². The molecule has 0 unspecified atom stereocenters. The highest BCUT2D eigenvalue weighted by Crippen LogP contribution is 2.20. The normalized spacial score (nSPS) is 11.3. The highest BCUT2D eigenvalue weighted by molar-refractivity contribution is 5.77. The van der Waals surface area contributed by atoms with E-state index < -0.39 is 0 Å². The van der Waals surface area contributed by atoms with E-state index in [9.17, 15) is 0 Å². The van der Waals surface area contributed by atoms with Crippen molar-refractivity contribution in [2.24, 2.45) is 0 Å². The lowest BCUT2D eigenvalue weighted by molar-refractivity contribution is 0.865. The number of nitrogens with zero attached hydrogens (tertiary/aromatic N) is 2. The van der Waals surface area contributed by atoms with Crippen molar-refractivity contribution in [3.63, 3.8) is 0 Å². The Morgan fingerprint density at radius 1 is 0.944 bits per heavy atom. The quantitative estimate of drug-likeness (QED) is 0.653. The Kier molecular flexibility index (Phi) is 2.63. The lowest BCUT2D eigenvalue weighted by atomic mass is 10.0. The van der Waals surface area contributed by atoms with Gasteiger partial charge in [-0.2, -0.15) is 0 Å². The summed E-state index contributed by atoms with van der Waals surface area (Å²) in [5.74, 6) is 0.568. The second-order valence-corrected chi connectivity index (χ2v) is 4.85. The molecule has 1 heterocycles. The first-order valence-electron chi connectivity index (χ1n) is 6.28. The summed E-state index contributed by atoms with van der Waals surface area (Å²) in [6, 6.07) is 16.9. The van der Waals surface area contributed by atoms with E-state index in [0.29, 0.717) is 5.92 Å². The molecule has 0 radical (unpaired) electrons. The lowest BCUT2D eigenvalue weighted by Crippen LogP contribution is -1.93. The summed E-state index contributed by atoms with van der Waals surface area (Å²) >= 11 is 0. The van der Waals surface area contributed by atoms with Crippen molar-refractivity contribution in [1.29, 1.82) is 0 Å². The summed E-state index contributed by atoms with van der Waals surface area (Å²) in [5, 5.41) is 0. The molecule has 2 aromatic carbocycles. The number of para-hydroxylation sites is 2. The van der Waals surface area contributed by atoms with Crippen LogP contribution in [0.2, 0.25) is 0 Å². The average Bonchev–Trinajstić information content (AvgIpc) is 2.82. The van der Waals surface area contributed by atoms with Crippen LogP contribution in [0.4, 0.5) is 0 Å². The number of aromatic nitrogens is 2. The molecule has 1 aromatic heterocycles. The van der Waals surface area contributed by atoms with E-state index in [-0.39, 0.29) is 0 Å². The number of imidazole rings is 1. The monoisotopic (exact) mass is 236 g/mol. The SMILES string of the molecule is CC(C)c1ccc(-n2cnc3ccccc32)cc1. The average molecular weight is 236 g/mol. The van der Waals surface area contributed by atoms with Crippen LogP contribution in [-0.2, 0) is 0 Å². The summed E-state index contributed by atoms with van der Waals surface area (Å²) in [6.07, 6.45) is 1.88. The Labute approximate surface area is 107 Å². The third-order valence-corrected chi connectivity index (χ3v) is 3.29. The summed E-state index contributed by atoms with van der Waals surface area (Å²) in [4.78, 5) is 4.42. The van der Waals surface area contributed by atoms with Crippen LogP contribution in [0.1, 0.15) is 25.3 Å². The molecule has 0 bridgehead atoms. The second kappa shape index (κ2) is 4.30. The Hall–Kier alpha value is -2.09. The molecular weight excluding hydrogens is 220 g/mol. The number of benzene rings is 2. The van der Waals surface area contributed by atoms with Crippen LogP contribution >= 0.6 is 0 Å². The van der Waals surface area contributed by atoms with Gasteiger partial charge >= 0.3 is 0 Å². The van der Waals surface area contributed by atoms with Crippen molar-refractivity contribution in [3.05, 3.63) is 60.4 Å². The van der Waals surface area contributed by atoms with Gasteiger partial charge in [0.25, 0.3) is 0 Å². The van der Waals surface area contributed by atoms with Crippen molar-refractivity contribution >= 4 is 11.0 Å². The zero-order valence-electron chi connectivity index (χ0n) is 10.7. The molecule has 3 aromatic rings. The van der Waals surface area contributed by atoms with Crippen molar-refractivity contribution in [1.82, 2.24) is 9.55 Å². The van der Waals surface area contributed by atoms with Gasteiger partial charge in [-0.15, -0.1) is 0 Å². The first kappa shape index (κ1) is 11.0. The van der Waals surface area contributed by atoms with Crippen LogP contribution in [0.25, 0.3) is 16.7 Å². The number of fused-ring (bicyclic) bond motifs is 1.